The van der Waals surface area contributed by atoms with Gasteiger partial charge in [0.25, 0.3) is 6.71 Å². The molecule has 0 unspecified atom stereocenters. The average molecular weight is 1170 g/mol. The lowest BCUT2D eigenvalue weighted by molar-refractivity contribution is 0.590. The molecule has 0 amide bonds. The molecular formula is C85H64BN5. The van der Waals surface area contributed by atoms with Crippen LogP contribution in [-0.4, -0.2) is 25.4 Å². The van der Waals surface area contributed by atoms with Crippen molar-refractivity contribution >= 4 is 148 Å². The first-order chi connectivity index (χ1) is 44.3. The van der Waals surface area contributed by atoms with Crippen LogP contribution in [0.3, 0.4) is 0 Å². The molecule has 0 radical (unpaired) electrons. The molecule has 0 fully saturated rings. The van der Waals surface area contributed by atoms with Crippen LogP contribution >= 0.6 is 0 Å². The number of aryl methyl sites for hydroxylation is 2. The standard InChI is InChI=1S/C85H64BN5/c1-84(2,3)50-33-36-52(37-34-50)90-73-39-35-51(85(4,5)6)43-69(73)86-70-44-64-58-26-12-10-22-54(58)56-24-14-16-30-62(56)79(64)81-80-74(40-38-63-57-25-11-9-21-53(57)55-23-13-15-29-61(55)78(63)80)91(83(70)81)76-42-49(41-75(90)82(76)86)77-65(67-47-88(7)71-31-19-17-27-59(67)71)45-87-46-66(77)68-48-89(8)72-32-20-18-28-60(68)72/h9-48H,1-8H3. The average Bonchev–Trinajstić information content (AvgIpc) is 1.60. The van der Waals surface area contributed by atoms with E-state index in [1.54, 1.807) is 0 Å². The van der Waals surface area contributed by atoms with Gasteiger partial charge in [-0.3, -0.25) is 4.98 Å². The zero-order valence-electron chi connectivity index (χ0n) is 52.4. The molecular weight excluding hydrogens is 1100 g/mol. The number of benzene rings is 13. The van der Waals surface area contributed by atoms with Crippen molar-refractivity contribution in [2.24, 2.45) is 14.1 Å². The number of anilines is 3. The number of rotatable bonds is 4. The predicted octanol–water partition coefficient (Wildman–Crippen LogP) is 20.3. The lowest BCUT2D eigenvalue weighted by Gasteiger charge is -2.41. The minimum absolute atomic E-state index is 0.0356. The van der Waals surface area contributed by atoms with E-state index in [1.807, 2.05) is 0 Å². The monoisotopic (exact) mass is 1170 g/mol. The van der Waals surface area contributed by atoms with Gasteiger partial charge in [0.2, 0.25) is 0 Å². The lowest BCUT2D eigenvalue weighted by atomic mass is 9.33. The van der Waals surface area contributed by atoms with E-state index in [9.17, 15) is 0 Å². The molecule has 0 aliphatic carbocycles. The molecule has 4 aromatic heterocycles. The maximum absolute atomic E-state index is 5.27. The highest BCUT2D eigenvalue weighted by molar-refractivity contribution is 7.00. The van der Waals surface area contributed by atoms with Gasteiger partial charge in [-0.05, 0) is 146 Å². The van der Waals surface area contributed by atoms with Gasteiger partial charge >= 0.3 is 0 Å². The molecule has 2 aliphatic rings. The normalized spacial score (nSPS) is 13.2. The molecule has 432 valence electrons. The van der Waals surface area contributed by atoms with Crippen molar-refractivity contribution in [2.75, 3.05) is 4.90 Å². The number of para-hydroxylation sites is 2. The summed E-state index contributed by atoms with van der Waals surface area (Å²) in [5, 5.41) is 20.3. The van der Waals surface area contributed by atoms with E-state index in [0.29, 0.717) is 0 Å². The highest BCUT2D eigenvalue weighted by Gasteiger charge is 2.44. The Hall–Kier alpha value is -10.7. The van der Waals surface area contributed by atoms with E-state index in [0.717, 1.165) is 39.1 Å². The van der Waals surface area contributed by atoms with Crippen LogP contribution in [0.4, 0.5) is 17.1 Å². The SMILES string of the molecule is Cn1cc(-c2cncc(-c3cn(C)c4ccccc34)c2-c2cc3c4c(c2)-n2c5ccc6c7ccccc7c7ccccc7c6c5c5c6c7ccccc7c7ccccc7c6cc(c52)B4c2cc(C(C)(C)C)ccc2N3c2ccc(C(C)(C)C)cc2)c2ccccc21. The van der Waals surface area contributed by atoms with Crippen LogP contribution in [0.25, 0.3) is 147 Å². The van der Waals surface area contributed by atoms with Gasteiger partial charge in [-0.15, -0.1) is 0 Å². The van der Waals surface area contributed by atoms with Crippen LogP contribution in [0.15, 0.2) is 243 Å². The molecule has 0 atom stereocenters. The van der Waals surface area contributed by atoms with Gasteiger partial charge in [0.1, 0.15) is 0 Å². The second-order valence-corrected chi connectivity index (χ2v) is 28.0. The third-order valence-electron chi connectivity index (χ3n) is 20.9. The maximum Gasteiger partial charge on any atom is 0.252 e. The molecule has 13 aromatic carbocycles. The number of fused-ring (bicyclic) bond motifs is 23. The summed E-state index contributed by atoms with van der Waals surface area (Å²) in [6.45, 7) is 13.9. The highest BCUT2D eigenvalue weighted by Crippen LogP contribution is 2.53. The van der Waals surface area contributed by atoms with Crippen LogP contribution in [0.5, 0.6) is 0 Å². The van der Waals surface area contributed by atoms with Gasteiger partial charge < -0.3 is 18.6 Å². The number of pyridine rings is 1. The smallest absolute Gasteiger partial charge is 0.252 e. The summed E-state index contributed by atoms with van der Waals surface area (Å²) in [4.78, 5) is 7.89. The fourth-order valence-corrected chi connectivity index (χ4v) is 16.8. The molecule has 0 saturated heterocycles. The molecule has 6 heteroatoms. The van der Waals surface area contributed by atoms with Crippen molar-refractivity contribution in [3.8, 4) is 39.1 Å². The molecule has 19 rings (SSSR count). The van der Waals surface area contributed by atoms with E-state index < -0.39 is 0 Å². The Kier molecular flexibility index (Phi) is 10.6. The highest BCUT2D eigenvalue weighted by atomic mass is 15.2. The van der Waals surface area contributed by atoms with Crippen LogP contribution in [0.1, 0.15) is 52.7 Å². The van der Waals surface area contributed by atoms with Crippen LogP contribution in [0, 0.1) is 0 Å². The molecule has 0 spiro atoms. The van der Waals surface area contributed by atoms with Crippen molar-refractivity contribution in [2.45, 2.75) is 52.4 Å². The molecule has 17 aromatic rings. The molecule has 91 heavy (non-hydrogen) atoms. The fraction of sp³-hybridized carbons (Fsp3) is 0.118. The molecule has 0 saturated carbocycles. The first-order valence-corrected chi connectivity index (χ1v) is 32.2. The first kappa shape index (κ1) is 52.3. The molecule has 5 nitrogen and oxygen atoms in total. The van der Waals surface area contributed by atoms with Gasteiger partial charge in [0.05, 0.1) is 11.0 Å². The molecule has 2 aliphatic heterocycles. The second kappa shape index (κ2) is 18.5. The van der Waals surface area contributed by atoms with Crippen LogP contribution in [-0.2, 0) is 24.9 Å². The van der Waals surface area contributed by atoms with Crippen molar-refractivity contribution in [1.82, 2.24) is 18.7 Å². The molecule has 0 bridgehead atoms. The van der Waals surface area contributed by atoms with Gasteiger partial charge in [0.15, 0.2) is 0 Å². The van der Waals surface area contributed by atoms with Crippen LogP contribution < -0.4 is 21.3 Å². The second-order valence-electron chi connectivity index (χ2n) is 28.0. The summed E-state index contributed by atoms with van der Waals surface area (Å²) in [7, 11) is 4.35. The summed E-state index contributed by atoms with van der Waals surface area (Å²) in [6.07, 6.45) is 8.90. The Morgan fingerprint density at radius 1 is 0.352 bits per heavy atom. The quantitative estimate of drug-likeness (QED) is 0.130. The Morgan fingerprint density at radius 3 is 1.36 bits per heavy atom. The van der Waals surface area contributed by atoms with Crippen molar-refractivity contribution < 1.29 is 0 Å². The van der Waals surface area contributed by atoms with E-state index in [-0.39, 0.29) is 17.5 Å². The Bertz CT molecular complexity index is 5940. The summed E-state index contributed by atoms with van der Waals surface area (Å²) in [5.41, 5.74) is 22.6. The summed E-state index contributed by atoms with van der Waals surface area (Å²) >= 11 is 0. The Morgan fingerprint density at radius 2 is 0.813 bits per heavy atom. The number of nitrogens with zero attached hydrogens (tertiary/aromatic N) is 5. The van der Waals surface area contributed by atoms with Crippen molar-refractivity contribution in [1.29, 1.82) is 0 Å². The topological polar surface area (TPSA) is 30.9 Å². The first-order valence-electron chi connectivity index (χ1n) is 32.2. The fourth-order valence-electron chi connectivity index (χ4n) is 16.8. The van der Waals surface area contributed by atoms with Crippen molar-refractivity contribution in [3.05, 3.63) is 254 Å². The van der Waals surface area contributed by atoms with Gasteiger partial charge in [-0.25, -0.2) is 0 Å². The van der Waals surface area contributed by atoms with Crippen LogP contribution in [0.2, 0.25) is 0 Å². The molecule has 6 heterocycles. The summed E-state index contributed by atoms with van der Waals surface area (Å²) in [5.74, 6) is 0. The van der Waals surface area contributed by atoms with Gasteiger partial charge in [-0.2, -0.15) is 0 Å². The summed E-state index contributed by atoms with van der Waals surface area (Å²) < 4.78 is 7.29. The Labute approximate surface area is 528 Å². The predicted molar refractivity (Wildman–Crippen MR) is 390 cm³/mol. The van der Waals surface area contributed by atoms with E-state index in [1.165, 1.54) is 153 Å². The summed E-state index contributed by atoms with van der Waals surface area (Å²) in [6, 6.07) is 84.0. The van der Waals surface area contributed by atoms with Gasteiger partial charge in [-0.1, -0.05) is 211 Å². The number of hydrogen-bond donors (Lipinski definition) is 0. The number of hydrogen-bond acceptors (Lipinski definition) is 2. The zero-order chi connectivity index (χ0) is 61.1. The third-order valence-corrected chi connectivity index (χ3v) is 20.9. The van der Waals surface area contributed by atoms with Crippen molar-refractivity contribution in [3.63, 3.8) is 0 Å². The Balaban J connectivity index is 1.06. The van der Waals surface area contributed by atoms with E-state index in [2.05, 4.69) is 317 Å². The van der Waals surface area contributed by atoms with E-state index >= 15 is 0 Å². The molecule has 0 N–H and O–H groups in total. The third kappa shape index (κ3) is 7.16. The minimum Gasteiger partial charge on any atom is -0.350 e. The maximum atomic E-state index is 5.27. The number of aromatic nitrogens is 4. The minimum atomic E-state index is -0.160. The van der Waals surface area contributed by atoms with Gasteiger partial charge in [0, 0.05) is 133 Å². The zero-order valence-corrected chi connectivity index (χ0v) is 52.4. The largest absolute Gasteiger partial charge is 0.350 e. The lowest BCUT2D eigenvalue weighted by Crippen LogP contribution is -2.60. The van der Waals surface area contributed by atoms with E-state index in [4.69, 9.17) is 4.98 Å².